The molecule has 0 bridgehead atoms. The van der Waals surface area contributed by atoms with Crippen LogP contribution in [-0.2, 0) is 16.6 Å². The molecule has 3 rings (SSSR count). The van der Waals surface area contributed by atoms with Gasteiger partial charge in [-0.05, 0) is 56.8 Å². The van der Waals surface area contributed by atoms with Crippen LogP contribution in [0.3, 0.4) is 0 Å². The highest BCUT2D eigenvalue weighted by Crippen LogP contribution is 2.21. The number of aryl methyl sites for hydroxylation is 2. The van der Waals surface area contributed by atoms with Crippen molar-refractivity contribution in [2.24, 2.45) is 0 Å². The zero-order valence-corrected chi connectivity index (χ0v) is 20.3. The molecular weight excluding hydrogens is 438 g/mol. The van der Waals surface area contributed by atoms with E-state index >= 15 is 0 Å². The predicted molar refractivity (Wildman–Crippen MR) is 131 cm³/mol. The van der Waals surface area contributed by atoms with Gasteiger partial charge in [0.05, 0.1) is 23.3 Å². The van der Waals surface area contributed by atoms with Gasteiger partial charge in [-0.25, -0.2) is 8.42 Å². The third-order valence-electron chi connectivity index (χ3n) is 5.50. The molecular formula is C24H31N5O3S. The SMILES string of the molecule is CCN(CC)CCn1cc(NC(=O)c2cc(S(=O)(=O)Nc3ccc(C)cc3)ccc2C)cn1. The third kappa shape index (κ3) is 6.43. The van der Waals surface area contributed by atoms with Crippen LogP contribution in [0.25, 0.3) is 0 Å². The van der Waals surface area contributed by atoms with Gasteiger partial charge in [0.1, 0.15) is 0 Å². The number of benzene rings is 2. The summed E-state index contributed by atoms with van der Waals surface area (Å²) in [6.07, 6.45) is 3.37. The van der Waals surface area contributed by atoms with Crippen molar-refractivity contribution in [3.8, 4) is 0 Å². The predicted octanol–water partition coefficient (Wildman–Crippen LogP) is 3.89. The summed E-state index contributed by atoms with van der Waals surface area (Å²) in [4.78, 5) is 15.2. The zero-order chi connectivity index (χ0) is 24.0. The molecule has 2 aromatic carbocycles. The number of likely N-dealkylation sites (N-methyl/N-ethyl adjacent to an activating group) is 1. The van der Waals surface area contributed by atoms with Crippen LogP contribution in [0.15, 0.2) is 59.8 Å². The quantitative estimate of drug-likeness (QED) is 0.470. The van der Waals surface area contributed by atoms with Gasteiger partial charge < -0.3 is 10.2 Å². The van der Waals surface area contributed by atoms with Crippen LogP contribution < -0.4 is 10.0 Å². The number of sulfonamides is 1. The van der Waals surface area contributed by atoms with Crippen LogP contribution in [0.4, 0.5) is 11.4 Å². The van der Waals surface area contributed by atoms with Gasteiger partial charge in [0.15, 0.2) is 0 Å². The van der Waals surface area contributed by atoms with Crippen LogP contribution in [0.1, 0.15) is 35.3 Å². The lowest BCUT2D eigenvalue weighted by Gasteiger charge is -2.17. The molecule has 33 heavy (non-hydrogen) atoms. The van der Waals surface area contributed by atoms with Crippen LogP contribution in [0.5, 0.6) is 0 Å². The lowest BCUT2D eigenvalue weighted by atomic mass is 10.1. The molecule has 2 N–H and O–H groups in total. The Morgan fingerprint density at radius 1 is 1.03 bits per heavy atom. The summed E-state index contributed by atoms with van der Waals surface area (Å²) in [6, 6.07) is 11.6. The zero-order valence-electron chi connectivity index (χ0n) is 19.5. The third-order valence-corrected chi connectivity index (χ3v) is 6.88. The van der Waals surface area contributed by atoms with Gasteiger partial charge >= 0.3 is 0 Å². The fourth-order valence-corrected chi connectivity index (χ4v) is 4.47. The highest BCUT2D eigenvalue weighted by Gasteiger charge is 2.19. The topological polar surface area (TPSA) is 96.3 Å². The Morgan fingerprint density at radius 3 is 2.39 bits per heavy atom. The van der Waals surface area contributed by atoms with Crippen molar-refractivity contribution in [3.05, 3.63) is 71.5 Å². The summed E-state index contributed by atoms with van der Waals surface area (Å²) in [6.45, 7) is 11.5. The van der Waals surface area contributed by atoms with Gasteiger partial charge in [0, 0.05) is 24.0 Å². The van der Waals surface area contributed by atoms with Gasteiger partial charge in [-0.15, -0.1) is 0 Å². The number of hydrogen-bond acceptors (Lipinski definition) is 5. The second-order valence-electron chi connectivity index (χ2n) is 7.92. The Labute approximate surface area is 195 Å². The van der Waals surface area contributed by atoms with Crippen molar-refractivity contribution in [2.75, 3.05) is 29.7 Å². The molecule has 0 aliphatic heterocycles. The minimum Gasteiger partial charge on any atom is -0.319 e. The maximum atomic E-state index is 12.9. The summed E-state index contributed by atoms with van der Waals surface area (Å²) < 4.78 is 30.0. The van der Waals surface area contributed by atoms with E-state index in [1.165, 1.54) is 12.1 Å². The number of aromatic nitrogens is 2. The average molecular weight is 470 g/mol. The first-order chi connectivity index (χ1) is 15.7. The van der Waals surface area contributed by atoms with Crippen LogP contribution in [-0.4, -0.2) is 48.6 Å². The van der Waals surface area contributed by atoms with Gasteiger partial charge in [-0.3, -0.25) is 14.2 Å². The van der Waals surface area contributed by atoms with Crippen molar-refractivity contribution >= 4 is 27.3 Å². The number of hydrogen-bond donors (Lipinski definition) is 2. The summed E-state index contributed by atoms with van der Waals surface area (Å²) in [5, 5.41) is 7.12. The van der Waals surface area contributed by atoms with Gasteiger partial charge in [-0.1, -0.05) is 37.6 Å². The number of carbonyl (C=O) groups is 1. The number of rotatable bonds is 10. The molecule has 0 saturated carbocycles. The molecule has 0 spiro atoms. The van der Waals surface area contributed by atoms with E-state index in [4.69, 9.17) is 0 Å². The van der Waals surface area contributed by atoms with E-state index in [9.17, 15) is 13.2 Å². The van der Waals surface area contributed by atoms with Crippen molar-refractivity contribution < 1.29 is 13.2 Å². The van der Waals surface area contributed by atoms with E-state index in [1.807, 2.05) is 19.1 Å². The average Bonchev–Trinajstić information content (AvgIpc) is 3.23. The van der Waals surface area contributed by atoms with Crippen LogP contribution >= 0.6 is 0 Å². The van der Waals surface area contributed by atoms with Crippen molar-refractivity contribution in [1.29, 1.82) is 0 Å². The molecule has 1 aromatic heterocycles. The van der Waals surface area contributed by atoms with E-state index in [-0.39, 0.29) is 16.4 Å². The first kappa shape index (κ1) is 24.5. The Bertz CT molecular complexity index is 1200. The molecule has 8 nitrogen and oxygen atoms in total. The van der Waals surface area contributed by atoms with Crippen LogP contribution in [0.2, 0.25) is 0 Å². The fourth-order valence-electron chi connectivity index (χ4n) is 3.38. The second kappa shape index (κ2) is 10.6. The minimum absolute atomic E-state index is 0.0220. The van der Waals surface area contributed by atoms with E-state index in [1.54, 1.807) is 42.2 Å². The number of amides is 1. The Kier molecular flexibility index (Phi) is 7.88. The molecule has 0 aliphatic rings. The normalized spacial score (nSPS) is 11.5. The molecule has 1 heterocycles. The summed E-state index contributed by atoms with van der Waals surface area (Å²) >= 11 is 0. The largest absolute Gasteiger partial charge is 0.319 e. The maximum absolute atomic E-state index is 12.9. The maximum Gasteiger partial charge on any atom is 0.261 e. The monoisotopic (exact) mass is 469 g/mol. The molecule has 176 valence electrons. The summed E-state index contributed by atoms with van der Waals surface area (Å²) in [5.74, 6) is -0.386. The number of carbonyl (C=O) groups excluding carboxylic acids is 1. The first-order valence-corrected chi connectivity index (χ1v) is 12.5. The molecule has 9 heteroatoms. The number of nitrogens with zero attached hydrogens (tertiary/aromatic N) is 3. The number of nitrogens with one attached hydrogen (secondary N) is 2. The van der Waals surface area contributed by atoms with E-state index in [0.717, 1.165) is 31.7 Å². The molecule has 0 saturated heterocycles. The Morgan fingerprint density at radius 2 is 1.73 bits per heavy atom. The van der Waals surface area contributed by atoms with Crippen molar-refractivity contribution in [3.63, 3.8) is 0 Å². The van der Waals surface area contributed by atoms with Crippen molar-refractivity contribution in [2.45, 2.75) is 39.1 Å². The molecule has 1 amide bonds. The first-order valence-electron chi connectivity index (χ1n) is 11.0. The summed E-state index contributed by atoms with van der Waals surface area (Å²) in [7, 11) is -3.84. The molecule has 0 unspecified atom stereocenters. The van der Waals surface area contributed by atoms with Gasteiger partial charge in [0.25, 0.3) is 15.9 Å². The highest BCUT2D eigenvalue weighted by atomic mass is 32.2. The smallest absolute Gasteiger partial charge is 0.261 e. The van der Waals surface area contributed by atoms with E-state index < -0.39 is 10.0 Å². The second-order valence-corrected chi connectivity index (χ2v) is 9.60. The Balaban J connectivity index is 1.72. The number of anilines is 2. The lowest BCUT2D eigenvalue weighted by molar-refractivity contribution is 0.102. The lowest BCUT2D eigenvalue weighted by Crippen LogP contribution is -2.27. The summed E-state index contributed by atoms with van der Waals surface area (Å²) in [5.41, 5.74) is 3.02. The molecule has 0 atom stereocenters. The fraction of sp³-hybridized carbons (Fsp3) is 0.333. The molecule has 0 aliphatic carbocycles. The van der Waals surface area contributed by atoms with Gasteiger partial charge in [-0.2, -0.15) is 5.10 Å². The molecule has 3 aromatic rings. The van der Waals surface area contributed by atoms with Gasteiger partial charge in [0.2, 0.25) is 0 Å². The Hall–Kier alpha value is -3.17. The minimum atomic E-state index is -3.84. The molecule has 0 fully saturated rings. The van der Waals surface area contributed by atoms with E-state index in [0.29, 0.717) is 16.9 Å². The highest BCUT2D eigenvalue weighted by molar-refractivity contribution is 7.92. The van der Waals surface area contributed by atoms with E-state index in [2.05, 4.69) is 33.9 Å². The molecule has 0 radical (unpaired) electrons. The standard InChI is InChI=1S/C24H31N5O3S/c1-5-28(6-2)13-14-29-17-21(16-25-29)26-24(30)23-15-22(12-9-19(23)4)33(31,32)27-20-10-7-18(3)8-11-20/h7-12,15-17,27H,5-6,13-14H2,1-4H3,(H,26,30). The van der Waals surface area contributed by atoms with Crippen molar-refractivity contribution in [1.82, 2.24) is 14.7 Å². The van der Waals surface area contributed by atoms with Crippen LogP contribution in [0, 0.1) is 13.8 Å².